The Morgan fingerprint density at radius 3 is 2.95 bits per heavy atom. The molecule has 100 valence electrons. The summed E-state index contributed by atoms with van der Waals surface area (Å²) in [4.78, 5) is 12.7. The van der Waals surface area contributed by atoms with Gasteiger partial charge in [0.2, 0.25) is 0 Å². The quantitative estimate of drug-likeness (QED) is 0.918. The van der Waals surface area contributed by atoms with Crippen LogP contribution >= 0.6 is 11.6 Å². The van der Waals surface area contributed by atoms with Crippen molar-refractivity contribution in [2.75, 3.05) is 13.1 Å². The number of carboxylic acid groups (broad SMARTS) is 1. The normalized spacial score (nSPS) is 15.7. The van der Waals surface area contributed by atoms with Gasteiger partial charge in [0.25, 0.3) is 0 Å². The molecule has 0 spiro atoms. The second-order valence-corrected chi connectivity index (χ2v) is 5.41. The molecule has 0 saturated carbocycles. The second-order valence-electron chi connectivity index (χ2n) is 5.00. The van der Waals surface area contributed by atoms with E-state index >= 15 is 0 Å². The molecule has 0 amide bonds. The van der Waals surface area contributed by atoms with Gasteiger partial charge in [0.05, 0.1) is 12.1 Å². The van der Waals surface area contributed by atoms with E-state index in [4.69, 9.17) is 16.7 Å². The molecular weight excluding hydrogens is 264 g/mol. The fraction of sp³-hybridized carbons (Fsp3) is 0.357. The summed E-state index contributed by atoms with van der Waals surface area (Å²) in [5.74, 6) is -0.774. The van der Waals surface area contributed by atoms with Crippen LogP contribution in [0.5, 0.6) is 0 Å². The van der Waals surface area contributed by atoms with Gasteiger partial charge >= 0.3 is 5.97 Å². The van der Waals surface area contributed by atoms with Crippen molar-refractivity contribution in [2.45, 2.75) is 20.0 Å². The predicted molar refractivity (Wildman–Crippen MR) is 74.6 cm³/mol. The molecule has 0 fully saturated rings. The Balaban J connectivity index is 2.03. The largest absolute Gasteiger partial charge is 0.480 e. The first kappa shape index (κ1) is 12.5. The summed E-state index contributed by atoms with van der Waals surface area (Å²) in [6.45, 7) is 4.38. The molecule has 0 unspecified atom stereocenters. The third-order valence-electron chi connectivity index (χ3n) is 3.72. The Kier molecular flexibility index (Phi) is 2.99. The zero-order valence-electron chi connectivity index (χ0n) is 10.7. The molecule has 4 nitrogen and oxygen atoms in total. The fourth-order valence-electron chi connectivity index (χ4n) is 2.83. The number of hydrogen-bond donors (Lipinski definition) is 1. The molecule has 1 N–H and O–H groups in total. The Morgan fingerprint density at radius 1 is 1.42 bits per heavy atom. The zero-order valence-corrected chi connectivity index (χ0v) is 11.4. The average Bonchev–Trinajstić information content (AvgIpc) is 2.71. The predicted octanol–water partition coefficient (Wildman–Crippen LogP) is 2.50. The number of carbonyl (C=O) groups is 1. The summed E-state index contributed by atoms with van der Waals surface area (Å²) in [6.07, 6.45) is 0. The first-order chi connectivity index (χ1) is 9.06. The number of aryl methyl sites for hydroxylation is 1. The highest BCUT2D eigenvalue weighted by atomic mass is 35.5. The van der Waals surface area contributed by atoms with E-state index in [9.17, 15) is 4.79 Å². The summed E-state index contributed by atoms with van der Waals surface area (Å²) in [7, 11) is 0. The minimum Gasteiger partial charge on any atom is -0.480 e. The molecule has 0 aliphatic carbocycles. The van der Waals surface area contributed by atoms with Crippen LogP contribution in [-0.2, 0) is 17.9 Å². The highest BCUT2D eigenvalue weighted by Gasteiger charge is 2.21. The van der Waals surface area contributed by atoms with E-state index < -0.39 is 5.97 Å². The molecule has 0 radical (unpaired) electrons. The fourth-order valence-corrected chi connectivity index (χ4v) is 2.99. The lowest BCUT2D eigenvalue weighted by atomic mass is 10.1. The second kappa shape index (κ2) is 4.54. The number of carboxylic acids is 1. The van der Waals surface area contributed by atoms with E-state index in [0.717, 1.165) is 29.4 Å². The van der Waals surface area contributed by atoms with Crippen molar-refractivity contribution in [3.05, 3.63) is 34.5 Å². The number of halogens is 1. The molecule has 5 heteroatoms. The maximum Gasteiger partial charge on any atom is 0.317 e. The molecule has 3 rings (SSSR count). The molecule has 1 aliphatic rings. The monoisotopic (exact) mass is 278 g/mol. The van der Waals surface area contributed by atoms with Crippen molar-refractivity contribution < 1.29 is 9.90 Å². The van der Waals surface area contributed by atoms with E-state index in [1.54, 1.807) is 0 Å². The van der Waals surface area contributed by atoms with Crippen LogP contribution in [0.4, 0.5) is 0 Å². The maximum absolute atomic E-state index is 10.8. The molecule has 2 aromatic rings. The molecule has 19 heavy (non-hydrogen) atoms. The summed E-state index contributed by atoms with van der Waals surface area (Å²) in [5.41, 5.74) is 3.43. The van der Waals surface area contributed by atoms with E-state index in [2.05, 4.69) is 10.6 Å². The topological polar surface area (TPSA) is 45.5 Å². The number of nitrogens with zero attached hydrogens (tertiary/aromatic N) is 2. The van der Waals surface area contributed by atoms with Crippen molar-refractivity contribution in [1.82, 2.24) is 9.47 Å². The van der Waals surface area contributed by atoms with Gasteiger partial charge in [-0.15, -0.1) is 0 Å². The van der Waals surface area contributed by atoms with Crippen LogP contribution in [0.25, 0.3) is 10.9 Å². The van der Waals surface area contributed by atoms with E-state index in [-0.39, 0.29) is 6.54 Å². The number of rotatable bonds is 2. The summed E-state index contributed by atoms with van der Waals surface area (Å²) in [6, 6.07) is 6.07. The minimum absolute atomic E-state index is 0.0985. The molecule has 0 bridgehead atoms. The van der Waals surface area contributed by atoms with Crippen LogP contribution in [0, 0.1) is 6.92 Å². The molecule has 0 atom stereocenters. The first-order valence-corrected chi connectivity index (χ1v) is 6.65. The first-order valence-electron chi connectivity index (χ1n) is 6.27. The SMILES string of the molecule is Cc1c(Cl)ccc2cc3n(c12)CCN(CC(=O)O)C3. The van der Waals surface area contributed by atoms with Crippen molar-refractivity contribution in [3.8, 4) is 0 Å². The Morgan fingerprint density at radius 2 is 2.21 bits per heavy atom. The summed E-state index contributed by atoms with van der Waals surface area (Å²) < 4.78 is 2.26. The van der Waals surface area contributed by atoms with Crippen LogP contribution in [-0.4, -0.2) is 33.6 Å². The standard InChI is InChI=1S/C14H15ClN2O2/c1-9-12(15)3-2-10-6-11-7-16(8-13(18)19)4-5-17(11)14(9)10/h2-3,6H,4-5,7-8H2,1H3,(H,18,19). The molecule has 1 aromatic carbocycles. The lowest BCUT2D eigenvalue weighted by molar-refractivity contribution is -0.138. The van der Waals surface area contributed by atoms with Crippen LogP contribution in [0.3, 0.4) is 0 Å². The number of hydrogen-bond acceptors (Lipinski definition) is 2. The average molecular weight is 279 g/mol. The lowest BCUT2D eigenvalue weighted by Crippen LogP contribution is -2.36. The molecule has 1 aliphatic heterocycles. The Hall–Kier alpha value is -1.52. The Labute approximate surface area is 116 Å². The lowest BCUT2D eigenvalue weighted by Gasteiger charge is -2.27. The van der Waals surface area contributed by atoms with Gasteiger partial charge in [0.15, 0.2) is 0 Å². The van der Waals surface area contributed by atoms with Crippen LogP contribution < -0.4 is 0 Å². The highest BCUT2D eigenvalue weighted by Crippen LogP contribution is 2.30. The minimum atomic E-state index is -0.774. The number of fused-ring (bicyclic) bond motifs is 3. The van der Waals surface area contributed by atoms with E-state index in [0.29, 0.717) is 6.54 Å². The number of aromatic nitrogens is 1. The van der Waals surface area contributed by atoms with Gasteiger partial charge in [-0.25, -0.2) is 0 Å². The Bertz CT molecular complexity index is 663. The molecule has 1 aromatic heterocycles. The van der Waals surface area contributed by atoms with Crippen molar-refractivity contribution in [1.29, 1.82) is 0 Å². The summed E-state index contributed by atoms with van der Waals surface area (Å²) in [5, 5.41) is 10.8. The van der Waals surface area contributed by atoms with E-state index in [1.807, 2.05) is 24.0 Å². The van der Waals surface area contributed by atoms with Gasteiger partial charge in [-0.3, -0.25) is 9.69 Å². The van der Waals surface area contributed by atoms with Crippen molar-refractivity contribution in [2.24, 2.45) is 0 Å². The number of aliphatic carboxylic acids is 1. The summed E-state index contributed by atoms with van der Waals surface area (Å²) >= 11 is 6.18. The third kappa shape index (κ3) is 2.11. The van der Waals surface area contributed by atoms with Crippen LogP contribution in [0.15, 0.2) is 18.2 Å². The zero-order chi connectivity index (χ0) is 13.6. The van der Waals surface area contributed by atoms with E-state index in [1.165, 1.54) is 10.9 Å². The molecule has 0 saturated heterocycles. The van der Waals surface area contributed by atoms with Gasteiger partial charge in [-0.05, 0) is 24.6 Å². The maximum atomic E-state index is 10.8. The van der Waals surface area contributed by atoms with Crippen molar-refractivity contribution in [3.63, 3.8) is 0 Å². The highest BCUT2D eigenvalue weighted by molar-refractivity contribution is 6.32. The third-order valence-corrected chi connectivity index (χ3v) is 4.13. The van der Waals surface area contributed by atoms with Crippen LogP contribution in [0.1, 0.15) is 11.3 Å². The molecular formula is C14H15ClN2O2. The number of benzene rings is 1. The molecule has 2 heterocycles. The van der Waals surface area contributed by atoms with Gasteiger partial charge in [0.1, 0.15) is 0 Å². The smallest absolute Gasteiger partial charge is 0.317 e. The van der Waals surface area contributed by atoms with Gasteiger partial charge in [-0.1, -0.05) is 17.7 Å². The van der Waals surface area contributed by atoms with Gasteiger partial charge in [0, 0.05) is 35.7 Å². The van der Waals surface area contributed by atoms with Gasteiger partial charge in [-0.2, -0.15) is 0 Å². The van der Waals surface area contributed by atoms with Gasteiger partial charge < -0.3 is 9.67 Å². The van der Waals surface area contributed by atoms with Crippen LogP contribution in [0.2, 0.25) is 5.02 Å². The van der Waals surface area contributed by atoms with Crippen molar-refractivity contribution >= 4 is 28.5 Å².